The maximum absolute atomic E-state index is 12.5. The van der Waals surface area contributed by atoms with E-state index in [9.17, 15) is 13.2 Å². The lowest BCUT2D eigenvalue weighted by molar-refractivity contribution is 0.102. The van der Waals surface area contributed by atoms with Crippen LogP contribution in [-0.4, -0.2) is 30.7 Å². The van der Waals surface area contributed by atoms with E-state index in [1.165, 1.54) is 24.3 Å². The van der Waals surface area contributed by atoms with Crippen LogP contribution in [0.15, 0.2) is 29.2 Å². The van der Waals surface area contributed by atoms with Gasteiger partial charge < -0.3 is 5.32 Å². The first-order valence-electron chi connectivity index (χ1n) is 8.23. The summed E-state index contributed by atoms with van der Waals surface area (Å²) in [5.74, 6) is 0.356. The van der Waals surface area contributed by atoms with Gasteiger partial charge in [0.15, 0.2) is 0 Å². The van der Waals surface area contributed by atoms with Crippen LogP contribution in [0.2, 0.25) is 0 Å². The fraction of sp³-hybridized carbons (Fsp3) is 0.412. The predicted molar refractivity (Wildman–Crippen MR) is 97.2 cm³/mol. The number of benzene rings is 1. The van der Waals surface area contributed by atoms with Gasteiger partial charge in [-0.25, -0.2) is 13.1 Å². The van der Waals surface area contributed by atoms with Crippen molar-refractivity contribution in [2.45, 2.75) is 38.5 Å². The number of nitrogens with one attached hydrogen (secondary N) is 2. The van der Waals surface area contributed by atoms with E-state index in [-0.39, 0.29) is 10.8 Å². The molecule has 0 spiro atoms. The summed E-state index contributed by atoms with van der Waals surface area (Å²) < 4.78 is 28.3. The number of amides is 1. The Bertz CT molecular complexity index is 855. The molecule has 25 heavy (non-hydrogen) atoms. The number of aryl methyl sites for hydroxylation is 2. The van der Waals surface area contributed by atoms with Gasteiger partial charge in [0.2, 0.25) is 10.0 Å². The number of sulfonamides is 1. The van der Waals surface area contributed by atoms with Crippen LogP contribution >= 0.6 is 0 Å². The normalized spacial score (nSPS) is 11.5. The van der Waals surface area contributed by atoms with E-state index in [4.69, 9.17) is 0 Å². The number of nitrogens with zero attached hydrogens (tertiary/aromatic N) is 2. The summed E-state index contributed by atoms with van der Waals surface area (Å²) in [7, 11) is -1.76. The molecule has 0 unspecified atom stereocenters. The molecule has 0 saturated heterocycles. The first-order chi connectivity index (χ1) is 11.8. The molecule has 2 aromatic rings. The van der Waals surface area contributed by atoms with Crippen molar-refractivity contribution in [1.29, 1.82) is 0 Å². The van der Waals surface area contributed by atoms with E-state index < -0.39 is 10.0 Å². The average molecular weight is 364 g/mol. The third kappa shape index (κ3) is 4.26. The molecule has 0 aliphatic heterocycles. The Balaban J connectivity index is 2.19. The van der Waals surface area contributed by atoms with Crippen LogP contribution in [0.3, 0.4) is 0 Å². The van der Waals surface area contributed by atoms with Gasteiger partial charge in [-0.2, -0.15) is 5.10 Å². The Kier molecular flexibility index (Phi) is 5.97. The van der Waals surface area contributed by atoms with Gasteiger partial charge in [-0.1, -0.05) is 13.8 Å². The number of carbonyl (C=O) groups excluding carboxylic acids is 1. The molecule has 2 rings (SSSR count). The van der Waals surface area contributed by atoms with Gasteiger partial charge in [0.25, 0.3) is 5.91 Å². The van der Waals surface area contributed by atoms with Gasteiger partial charge in [-0.05, 0) is 44.0 Å². The van der Waals surface area contributed by atoms with E-state index in [1.807, 2.05) is 20.8 Å². The Morgan fingerprint density at radius 2 is 1.84 bits per heavy atom. The topological polar surface area (TPSA) is 93.1 Å². The van der Waals surface area contributed by atoms with Crippen LogP contribution in [0, 0.1) is 6.92 Å². The minimum absolute atomic E-state index is 0.142. The summed E-state index contributed by atoms with van der Waals surface area (Å²) in [5, 5.41) is 7.17. The molecular formula is C17H24N4O3S. The molecule has 136 valence electrons. The van der Waals surface area contributed by atoms with Crippen molar-refractivity contribution < 1.29 is 13.2 Å². The quantitative estimate of drug-likeness (QED) is 0.788. The van der Waals surface area contributed by atoms with Gasteiger partial charge in [-0.15, -0.1) is 0 Å². The number of rotatable bonds is 7. The second kappa shape index (κ2) is 7.79. The molecule has 7 nitrogen and oxygen atoms in total. The van der Waals surface area contributed by atoms with E-state index in [0.717, 1.165) is 17.7 Å². The van der Waals surface area contributed by atoms with Crippen LogP contribution < -0.4 is 10.0 Å². The molecule has 8 heteroatoms. The second-order valence-corrected chi connectivity index (χ2v) is 7.53. The summed E-state index contributed by atoms with van der Waals surface area (Å²) >= 11 is 0. The second-order valence-electron chi connectivity index (χ2n) is 5.77. The van der Waals surface area contributed by atoms with Crippen LogP contribution in [-0.2, 0) is 23.5 Å². The van der Waals surface area contributed by atoms with E-state index in [0.29, 0.717) is 24.3 Å². The van der Waals surface area contributed by atoms with Gasteiger partial charge in [-0.3, -0.25) is 9.48 Å². The SMILES string of the molecule is CCCNS(=O)(=O)c1ccc(C(=O)Nc2c(CC)c(C)nn2C)cc1. The maximum atomic E-state index is 12.5. The van der Waals surface area contributed by atoms with Crippen molar-refractivity contribution in [3.05, 3.63) is 41.1 Å². The number of anilines is 1. The first-order valence-corrected chi connectivity index (χ1v) is 9.72. The van der Waals surface area contributed by atoms with Crippen molar-refractivity contribution in [3.63, 3.8) is 0 Å². The molecule has 1 heterocycles. The van der Waals surface area contributed by atoms with Crippen molar-refractivity contribution in [2.75, 3.05) is 11.9 Å². The van der Waals surface area contributed by atoms with Crippen molar-refractivity contribution in [3.8, 4) is 0 Å². The molecular weight excluding hydrogens is 340 g/mol. The van der Waals surface area contributed by atoms with Crippen LogP contribution in [0.1, 0.15) is 41.9 Å². The molecule has 0 atom stereocenters. The molecule has 1 aromatic heterocycles. The van der Waals surface area contributed by atoms with Crippen LogP contribution in [0.5, 0.6) is 0 Å². The molecule has 0 saturated carbocycles. The number of hydrogen-bond donors (Lipinski definition) is 2. The Morgan fingerprint density at radius 1 is 1.20 bits per heavy atom. The fourth-order valence-electron chi connectivity index (χ4n) is 2.57. The molecule has 1 aromatic carbocycles. The van der Waals surface area contributed by atoms with Crippen LogP contribution in [0.25, 0.3) is 0 Å². The Labute approximate surface area is 148 Å². The summed E-state index contributed by atoms with van der Waals surface area (Å²) in [6.45, 7) is 6.17. The highest BCUT2D eigenvalue weighted by atomic mass is 32.2. The van der Waals surface area contributed by atoms with Crippen molar-refractivity contribution >= 4 is 21.7 Å². The molecule has 0 aliphatic carbocycles. The Morgan fingerprint density at radius 3 is 2.40 bits per heavy atom. The van der Waals surface area contributed by atoms with Gasteiger partial charge in [0, 0.05) is 24.7 Å². The highest BCUT2D eigenvalue weighted by molar-refractivity contribution is 7.89. The molecule has 0 fully saturated rings. The largest absolute Gasteiger partial charge is 0.307 e. The number of hydrogen-bond acceptors (Lipinski definition) is 4. The summed E-state index contributed by atoms with van der Waals surface area (Å²) in [4.78, 5) is 12.6. The third-order valence-corrected chi connectivity index (χ3v) is 5.38. The van der Waals surface area contributed by atoms with Crippen LogP contribution in [0.4, 0.5) is 5.82 Å². The standard InChI is InChI=1S/C17H24N4O3S/c1-5-11-18-25(23,24)14-9-7-13(8-10-14)17(22)19-16-15(6-2)12(3)20-21(16)4/h7-10,18H,5-6,11H2,1-4H3,(H,19,22). The molecule has 0 aliphatic rings. The highest BCUT2D eigenvalue weighted by Crippen LogP contribution is 2.20. The van der Waals surface area contributed by atoms with Gasteiger partial charge >= 0.3 is 0 Å². The lowest BCUT2D eigenvalue weighted by Crippen LogP contribution is -2.24. The minimum atomic E-state index is -3.53. The summed E-state index contributed by atoms with van der Waals surface area (Å²) in [5.41, 5.74) is 2.25. The third-order valence-electron chi connectivity index (χ3n) is 3.90. The molecule has 0 radical (unpaired) electrons. The first kappa shape index (κ1) is 19.1. The zero-order valence-corrected chi connectivity index (χ0v) is 15.8. The van der Waals surface area contributed by atoms with Crippen molar-refractivity contribution in [2.24, 2.45) is 7.05 Å². The van der Waals surface area contributed by atoms with Gasteiger partial charge in [0.05, 0.1) is 10.6 Å². The number of carbonyl (C=O) groups is 1. The summed E-state index contributed by atoms with van der Waals surface area (Å²) in [6, 6.07) is 5.87. The minimum Gasteiger partial charge on any atom is -0.307 e. The smallest absolute Gasteiger partial charge is 0.256 e. The highest BCUT2D eigenvalue weighted by Gasteiger charge is 2.17. The zero-order chi connectivity index (χ0) is 18.6. The van der Waals surface area contributed by atoms with E-state index in [2.05, 4.69) is 15.1 Å². The predicted octanol–water partition coefficient (Wildman–Crippen LogP) is 2.23. The lowest BCUT2D eigenvalue weighted by Gasteiger charge is -2.09. The zero-order valence-electron chi connectivity index (χ0n) is 15.0. The molecule has 0 bridgehead atoms. The monoisotopic (exact) mass is 364 g/mol. The summed E-state index contributed by atoms with van der Waals surface area (Å²) in [6.07, 6.45) is 1.47. The average Bonchev–Trinajstić information content (AvgIpc) is 2.86. The van der Waals surface area contributed by atoms with Crippen molar-refractivity contribution in [1.82, 2.24) is 14.5 Å². The molecule has 1 amide bonds. The number of aromatic nitrogens is 2. The Hall–Kier alpha value is -2.19. The lowest BCUT2D eigenvalue weighted by atomic mass is 10.1. The van der Waals surface area contributed by atoms with E-state index >= 15 is 0 Å². The maximum Gasteiger partial charge on any atom is 0.256 e. The fourth-order valence-corrected chi connectivity index (χ4v) is 3.70. The van der Waals surface area contributed by atoms with Gasteiger partial charge in [0.1, 0.15) is 5.82 Å². The molecule has 2 N–H and O–H groups in total. The van der Waals surface area contributed by atoms with E-state index in [1.54, 1.807) is 11.7 Å².